The van der Waals surface area contributed by atoms with E-state index in [-0.39, 0.29) is 6.04 Å². The molecule has 0 aliphatic rings. The molecule has 0 spiro atoms. The van der Waals surface area contributed by atoms with E-state index < -0.39 is 6.10 Å². The number of hydrogen-bond donors (Lipinski definition) is 1. The second kappa shape index (κ2) is 7.88. The van der Waals surface area contributed by atoms with Gasteiger partial charge in [0.05, 0.1) is 6.10 Å². The molecule has 3 nitrogen and oxygen atoms in total. The number of benzene rings is 1. The van der Waals surface area contributed by atoms with Gasteiger partial charge in [-0.15, -0.1) is 0 Å². The number of carbonyl (C=O) groups is 1. The van der Waals surface area contributed by atoms with E-state index in [2.05, 4.69) is 0 Å². The zero-order chi connectivity index (χ0) is 13.4. The van der Waals surface area contributed by atoms with Gasteiger partial charge >= 0.3 is 0 Å². The monoisotopic (exact) mass is 246 g/mol. The van der Waals surface area contributed by atoms with Gasteiger partial charge in [-0.1, -0.05) is 30.3 Å². The van der Waals surface area contributed by atoms with Crippen LogP contribution in [0.15, 0.2) is 30.3 Å². The lowest BCUT2D eigenvalue weighted by Crippen LogP contribution is -2.32. The first-order valence-corrected chi connectivity index (χ1v) is 6.08. The number of hydrogen-bond acceptors (Lipinski definition) is 2. The fraction of sp³-hybridized carbons (Fsp3) is 0.333. The number of amides is 1. The molecule has 0 unspecified atom stereocenters. The fourth-order valence-corrected chi connectivity index (χ4v) is 1.57. The van der Waals surface area contributed by atoms with E-state index in [1.54, 1.807) is 24.7 Å². The molecule has 3 heteroatoms. The number of rotatable bonds is 8. The predicted molar refractivity (Wildman–Crippen MR) is 72.1 cm³/mol. The molecule has 0 heterocycles. The highest BCUT2D eigenvalue weighted by Gasteiger charge is 2.12. The van der Waals surface area contributed by atoms with E-state index in [4.69, 9.17) is 5.11 Å². The minimum absolute atomic E-state index is 0.00212. The summed E-state index contributed by atoms with van der Waals surface area (Å²) >= 11 is 0. The Balaban J connectivity index is 2.42. The average molecular weight is 246 g/mol. The van der Waals surface area contributed by atoms with Gasteiger partial charge in [0.25, 0.3) is 0 Å². The van der Waals surface area contributed by atoms with Gasteiger partial charge in [0.15, 0.2) is 0 Å². The lowest BCUT2D eigenvalue weighted by molar-refractivity contribution is -0.119. The minimum Gasteiger partial charge on any atom is -0.393 e. The molecule has 2 atom stereocenters. The van der Waals surface area contributed by atoms with E-state index in [9.17, 15) is 4.79 Å². The van der Waals surface area contributed by atoms with Crippen molar-refractivity contribution in [3.63, 3.8) is 0 Å². The summed E-state index contributed by atoms with van der Waals surface area (Å²) in [6.07, 6.45) is 5.75. The largest absolute Gasteiger partial charge is 0.393 e. The number of aliphatic hydroxyl groups is 1. The van der Waals surface area contributed by atoms with Crippen LogP contribution in [-0.4, -0.2) is 28.6 Å². The first-order chi connectivity index (χ1) is 8.63. The Morgan fingerprint density at radius 1 is 1.22 bits per heavy atom. The third kappa shape index (κ3) is 5.32. The summed E-state index contributed by atoms with van der Waals surface area (Å²) in [6, 6.07) is 9.86. The standard InChI is InChI=1S/C15H20NO2/c1-13(7-6-8-14(2)18)16(12-17)11-15-9-4-3-5-10-15/h3-10,12-14,18H,11H2,1-2H3/t13-,14+/m1/s1. The van der Waals surface area contributed by atoms with Crippen molar-refractivity contribution in [2.24, 2.45) is 0 Å². The van der Waals surface area contributed by atoms with Crippen LogP contribution in [0.1, 0.15) is 19.4 Å². The molecule has 1 N–H and O–H groups in total. The van der Waals surface area contributed by atoms with Crippen LogP contribution in [-0.2, 0) is 11.3 Å². The van der Waals surface area contributed by atoms with Crippen molar-refractivity contribution >= 4 is 6.41 Å². The first-order valence-electron chi connectivity index (χ1n) is 6.08. The quantitative estimate of drug-likeness (QED) is 0.713. The highest BCUT2D eigenvalue weighted by molar-refractivity contribution is 5.48. The lowest BCUT2D eigenvalue weighted by atomic mass is 10.1. The van der Waals surface area contributed by atoms with Crippen LogP contribution in [0.4, 0.5) is 0 Å². The zero-order valence-electron chi connectivity index (χ0n) is 10.9. The van der Waals surface area contributed by atoms with Crippen molar-refractivity contribution in [1.82, 2.24) is 4.90 Å². The van der Waals surface area contributed by atoms with Crippen LogP contribution in [0.5, 0.6) is 0 Å². The molecule has 3 radical (unpaired) electrons. The van der Waals surface area contributed by atoms with E-state index in [1.807, 2.05) is 43.7 Å². The number of carbonyl (C=O) groups excluding carboxylic acids is 1. The Bertz CT molecular complexity index is 338. The van der Waals surface area contributed by atoms with Crippen molar-refractivity contribution in [2.75, 3.05) is 0 Å². The van der Waals surface area contributed by atoms with Gasteiger partial charge < -0.3 is 10.0 Å². The van der Waals surface area contributed by atoms with Crippen molar-refractivity contribution in [3.05, 3.63) is 55.2 Å². The molecule has 0 aliphatic heterocycles. The molecular weight excluding hydrogens is 226 g/mol. The van der Waals surface area contributed by atoms with E-state index >= 15 is 0 Å². The smallest absolute Gasteiger partial charge is 0.210 e. The maximum atomic E-state index is 11.1. The van der Waals surface area contributed by atoms with Gasteiger partial charge in [-0.3, -0.25) is 4.79 Å². The summed E-state index contributed by atoms with van der Waals surface area (Å²) < 4.78 is 0. The Morgan fingerprint density at radius 2 is 1.89 bits per heavy atom. The van der Waals surface area contributed by atoms with E-state index in [0.29, 0.717) is 6.54 Å². The van der Waals surface area contributed by atoms with Gasteiger partial charge in [0, 0.05) is 12.6 Å². The van der Waals surface area contributed by atoms with Gasteiger partial charge in [-0.2, -0.15) is 0 Å². The van der Waals surface area contributed by atoms with Crippen LogP contribution < -0.4 is 0 Å². The van der Waals surface area contributed by atoms with Crippen LogP contribution in [0.3, 0.4) is 0 Å². The summed E-state index contributed by atoms with van der Waals surface area (Å²) in [5, 5.41) is 9.11. The average Bonchev–Trinajstić information content (AvgIpc) is 2.36. The van der Waals surface area contributed by atoms with Crippen molar-refractivity contribution in [1.29, 1.82) is 0 Å². The predicted octanol–water partition coefficient (Wildman–Crippen LogP) is 2.03. The maximum absolute atomic E-state index is 11.1. The molecule has 0 saturated carbocycles. The summed E-state index contributed by atoms with van der Waals surface area (Å²) in [7, 11) is 0. The lowest BCUT2D eigenvalue weighted by Gasteiger charge is -2.25. The third-order valence-electron chi connectivity index (χ3n) is 2.65. The Hall–Kier alpha value is -1.35. The molecule has 97 valence electrons. The number of aliphatic hydroxyl groups excluding tert-OH is 1. The summed E-state index contributed by atoms with van der Waals surface area (Å²) in [5.41, 5.74) is 1.10. The molecule has 0 aromatic heterocycles. The summed E-state index contributed by atoms with van der Waals surface area (Å²) in [6.45, 7) is 4.23. The Labute approximate surface area is 109 Å². The second-order valence-electron chi connectivity index (χ2n) is 4.32. The minimum atomic E-state index is -0.466. The highest BCUT2D eigenvalue weighted by Crippen LogP contribution is 2.10. The molecular formula is C15H20NO2. The van der Waals surface area contributed by atoms with Gasteiger partial charge in [0.2, 0.25) is 6.41 Å². The summed E-state index contributed by atoms with van der Waals surface area (Å²) in [4.78, 5) is 12.8. The van der Waals surface area contributed by atoms with E-state index in [1.165, 1.54) is 0 Å². The molecule has 0 saturated heterocycles. The van der Waals surface area contributed by atoms with Crippen LogP contribution >= 0.6 is 0 Å². The van der Waals surface area contributed by atoms with Gasteiger partial charge in [-0.05, 0) is 38.7 Å². The van der Waals surface area contributed by atoms with Crippen LogP contribution in [0.2, 0.25) is 0 Å². The first kappa shape index (κ1) is 14.7. The maximum Gasteiger partial charge on any atom is 0.210 e. The second-order valence-corrected chi connectivity index (χ2v) is 4.32. The molecule has 1 amide bonds. The van der Waals surface area contributed by atoms with Crippen molar-refractivity contribution in [2.45, 2.75) is 32.5 Å². The van der Waals surface area contributed by atoms with Gasteiger partial charge in [0.1, 0.15) is 0 Å². The summed E-state index contributed by atoms with van der Waals surface area (Å²) in [5.74, 6) is 0. The van der Waals surface area contributed by atoms with Crippen LogP contribution in [0.25, 0.3) is 0 Å². The van der Waals surface area contributed by atoms with Crippen molar-refractivity contribution in [3.8, 4) is 0 Å². The molecule has 0 fully saturated rings. The fourth-order valence-electron chi connectivity index (χ4n) is 1.57. The van der Waals surface area contributed by atoms with Gasteiger partial charge in [-0.25, -0.2) is 0 Å². The molecule has 0 aliphatic carbocycles. The highest BCUT2D eigenvalue weighted by atomic mass is 16.3. The molecule has 0 bridgehead atoms. The van der Waals surface area contributed by atoms with Crippen LogP contribution in [0, 0.1) is 19.3 Å². The zero-order valence-corrected chi connectivity index (χ0v) is 10.9. The van der Waals surface area contributed by atoms with Crippen molar-refractivity contribution < 1.29 is 9.90 Å². The molecule has 1 rings (SSSR count). The molecule has 1 aromatic carbocycles. The SMILES string of the molecule is C[C@H](O)[CH][CH][CH][C@@H](C)N(C=O)Cc1ccccc1. The third-order valence-corrected chi connectivity index (χ3v) is 2.65. The normalized spacial score (nSPS) is 13.9. The number of nitrogens with zero attached hydrogens (tertiary/aromatic N) is 1. The van der Waals surface area contributed by atoms with E-state index in [0.717, 1.165) is 12.0 Å². The Morgan fingerprint density at radius 3 is 2.44 bits per heavy atom. The molecule has 1 aromatic rings. The molecule has 18 heavy (non-hydrogen) atoms. The Kier molecular flexibility index (Phi) is 6.44. The topological polar surface area (TPSA) is 40.5 Å².